The molecule has 1 aromatic carbocycles. The van der Waals surface area contributed by atoms with Gasteiger partial charge in [-0.1, -0.05) is 19.6 Å². The fourth-order valence-corrected chi connectivity index (χ4v) is 6.01. The van der Waals surface area contributed by atoms with E-state index in [1.54, 1.807) is 5.19 Å². The molecule has 0 saturated carbocycles. The van der Waals surface area contributed by atoms with Crippen LogP contribution in [-0.2, 0) is 0 Å². The molecule has 0 aliphatic rings. The Balaban J connectivity index is 3.23. The summed E-state index contributed by atoms with van der Waals surface area (Å²) >= 11 is 4.81. The number of benzene rings is 1. The second-order valence-corrected chi connectivity index (χ2v) is 11.3. The Morgan fingerprint density at radius 2 is 1.67 bits per heavy atom. The minimum absolute atomic E-state index is 1.12. The third-order valence-electron chi connectivity index (χ3n) is 1.74. The smallest absolute Gasteiger partial charge is 0.0656 e. The summed E-state index contributed by atoms with van der Waals surface area (Å²) in [5.74, 6) is 0. The summed E-state index contributed by atoms with van der Waals surface area (Å²) in [6.45, 7) is 7.17. The fourth-order valence-electron chi connectivity index (χ4n) is 1.07. The summed E-state index contributed by atoms with van der Waals surface area (Å²) in [6.07, 6.45) is 0. The van der Waals surface area contributed by atoms with Crippen molar-refractivity contribution in [1.29, 1.82) is 0 Å². The number of halogens is 2. The van der Waals surface area contributed by atoms with Gasteiger partial charge in [0.2, 0.25) is 0 Å². The standard InChI is InChI=1S/C9H12I2Si/c1-12(2,3)9-6-7(10)4-5-8(9)11/h4-6H,1-3H3. The quantitative estimate of drug-likeness (QED) is 0.499. The summed E-state index contributed by atoms with van der Waals surface area (Å²) in [6, 6.07) is 6.72. The lowest BCUT2D eigenvalue weighted by Crippen LogP contribution is -2.39. The lowest BCUT2D eigenvalue weighted by atomic mass is 10.4. The van der Waals surface area contributed by atoms with Gasteiger partial charge in [-0.05, 0) is 68.6 Å². The third-order valence-corrected chi connectivity index (χ3v) is 5.89. The van der Waals surface area contributed by atoms with E-state index >= 15 is 0 Å². The average Bonchev–Trinajstić information content (AvgIpc) is 1.92. The van der Waals surface area contributed by atoms with Gasteiger partial charge >= 0.3 is 0 Å². The number of hydrogen-bond donors (Lipinski definition) is 0. The van der Waals surface area contributed by atoms with Gasteiger partial charge in [-0.25, -0.2) is 0 Å². The summed E-state index contributed by atoms with van der Waals surface area (Å²) in [5.41, 5.74) is 0. The van der Waals surface area contributed by atoms with Crippen molar-refractivity contribution < 1.29 is 0 Å². The van der Waals surface area contributed by atoms with Gasteiger partial charge < -0.3 is 0 Å². The van der Waals surface area contributed by atoms with Gasteiger partial charge in [0.05, 0.1) is 8.07 Å². The first-order valence-electron chi connectivity index (χ1n) is 3.87. The highest BCUT2D eigenvalue weighted by Gasteiger charge is 2.19. The van der Waals surface area contributed by atoms with Crippen LogP contribution in [0.15, 0.2) is 18.2 Å². The van der Waals surface area contributed by atoms with Crippen LogP contribution in [-0.4, -0.2) is 8.07 Å². The van der Waals surface area contributed by atoms with Crippen LogP contribution in [0.4, 0.5) is 0 Å². The second-order valence-electron chi connectivity index (χ2n) is 3.87. The largest absolute Gasteiger partial charge is 0.0790 e. The van der Waals surface area contributed by atoms with Gasteiger partial charge in [0.25, 0.3) is 0 Å². The van der Waals surface area contributed by atoms with Gasteiger partial charge in [0, 0.05) is 7.14 Å². The third kappa shape index (κ3) is 2.70. The molecule has 0 aliphatic heterocycles. The predicted octanol–water partition coefficient (Wildman–Crippen LogP) is 3.44. The first kappa shape index (κ1) is 11.0. The topological polar surface area (TPSA) is 0 Å². The number of hydrogen-bond acceptors (Lipinski definition) is 0. The minimum atomic E-state index is -1.12. The number of rotatable bonds is 1. The molecular weight excluding hydrogens is 390 g/mol. The van der Waals surface area contributed by atoms with Crippen molar-refractivity contribution in [3.05, 3.63) is 25.3 Å². The highest BCUT2D eigenvalue weighted by Crippen LogP contribution is 2.12. The molecule has 0 amide bonds. The molecule has 0 aromatic heterocycles. The lowest BCUT2D eigenvalue weighted by Gasteiger charge is -2.18. The molecule has 0 N–H and O–H groups in total. The van der Waals surface area contributed by atoms with Crippen LogP contribution in [0.3, 0.4) is 0 Å². The highest BCUT2D eigenvalue weighted by atomic mass is 127. The molecule has 1 aromatic rings. The van der Waals surface area contributed by atoms with Crippen LogP contribution in [0.5, 0.6) is 0 Å². The molecule has 12 heavy (non-hydrogen) atoms. The molecule has 0 bridgehead atoms. The van der Waals surface area contributed by atoms with Crippen molar-refractivity contribution in [3.8, 4) is 0 Å². The normalized spacial score (nSPS) is 11.8. The first-order chi connectivity index (χ1) is 5.41. The minimum Gasteiger partial charge on any atom is -0.0656 e. The summed E-state index contributed by atoms with van der Waals surface area (Å²) in [4.78, 5) is 0. The molecule has 0 spiro atoms. The van der Waals surface area contributed by atoms with E-state index in [2.05, 4.69) is 83.0 Å². The first-order valence-corrected chi connectivity index (χ1v) is 9.52. The van der Waals surface area contributed by atoms with Crippen molar-refractivity contribution in [2.75, 3.05) is 0 Å². The second kappa shape index (κ2) is 3.96. The van der Waals surface area contributed by atoms with Crippen LogP contribution in [0.1, 0.15) is 0 Å². The molecule has 3 heteroatoms. The highest BCUT2D eigenvalue weighted by molar-refractivity contribution is 14.1. The molecule has 66 valence electrons. The lowest BCUT2D eigenvalue weighted by molar-refractivity contribution is 1.60. The Morgan fingerprint density at radius 3 is 2.08 bits per heavy atom. The van der Waals surface area contributed by atoms with E-state index in [0.717, 1.165) is 0 Å². The Hall–Kier alpha value is 0.897. The zero-order valence-corrected chi connectivity index (χ0v) is 12.8. The molecule has 0 heterocycles. The van der Waals surface area contributed by atoms with Crippen molar-refractivity contribution >= 4 is 58.4 Å². The Labute approximate surface area is 102 Å². The van der Waals surface area contributed by atoms with E-state index in [1.807, 2.05) is 0 Å². The van der Waals surface area contributed by atoms with E-state index in [-0.39, 0.29) is 0 Å². The SMILES string of the molecule is C[Si](C)(C)c1cc(I)ccc1I. The Bertz CT molecular complexity index is 289. The molecule has 0 radical (unpaired) electrons. The Morgan fingerprint density at radius 1 is 1.08 bits per heavy atom. The molecule has 0 saturated heterocycles. The van der Waals surface area contributed by atoms with Crippen LogP contribution in [0, 0.1) is 7.14 Å². The van der Waals surface area contributed by atoms with Crippen LogP contribution in [0.2, 0.25) is 19.6 Å². The van der Waals surface area contributed by atoms with Crippen molar-refractivity contribution in [2.45, 2.75) is 19.6 Å². The van der Waals surface area contributed by atoms with E-state index in [9.17, 15) is 0 Å². The summed E-state index contributed by atoms with van der Waals surface area (Å²) < 4.78 is 2.78. The van der Waals surface area contributed by atoms with Gasteiger partial charge in [-0.15, -0.1) is 0 Å². The fraction of sp³-hybridized carbons (Fsp3) is 0.333. The van der Waals surface area contributed by atoms with Crippen molar-refractivity contribution in [2.24, 2.45) is 0 Å². The summed E-state index contributed by atoms with van der Waals surface area (Å²) in [5, 5.41) is 1.58. The van der Waals surface area contributed by atoms with E-state index < -0.39 is 8.07 Å². The molecular formula is C9H12I2Si. The predicted molar refractivity (Wildman–Crippen MR) is 74.9 cm³/mol. The monoisotopic (exact) mass is 402 g/mol. The van der Waals surface area contributed by atoms with Crippen molar-refractivity contribution in [1.82, 2.24) is 0 Å². The summed E-state index contributed by atoms with van der Waals surface area (Å²) in [7, 11) is -1.12. The zero-order valence-electron chi connectivity index (χ0n) is 7.49. The Kier molecular flexibility index (Phi) is 3.62. The average molecular weight is 402 g/mol. The van der Waals surface area contributed by atoms with Crippen LogP contribution in [0.25, 0.3) is 0 Å². The van der Waals surface area contributed by atoms with Gasteiger partial charge in [0.15, 0.2) is 0 Å². The molecule has 1 rings (SSSR count). The molecule has 0 unspecified atom stereocenters. The maximum Gasteiger partial charge on any atom is 0.0790 e. The van der Waals surface area contributed by atoms with E-state index in [0.29, 0.717) is 0 Å². The maximum atomic E-state index is 2.43. The van der Waals surface area contributed by atoms with E-state index in [4.69, 9.17) is 0 Å². The van der Waals surface area contributed by atoms with Gasteiger partial charge in [-0.2, -0.15) is 0 Å². The van der Waals surface area contributed by atoms with Crippen molar-refractivity contribution in [3.63, 3.8) is 0 Å². The van der Waals surface area contributed by atoms with Crippen LogP contribution < -0.4 is 5.19 Å². The maximum absolute atomic E-state index is 2.43. The van der Waals surface area contributed by atoms with Crippen LogP contribution >= 0.6 is 45.2 Å². The molecule has 0 aliphatic carbocycles. The van der Waals surface area contributed by atoms with Gasteiger partial charge in [-0.3, -0.25) is 0 Å². The van der Waals surface area contributed by atoms with E-state index in [1.165, 1.54) is 7.14 Å². The van der Waals surface area contributed by atoms with Gasteiger partial charge in [0.1, 0.15) is 0 Å². The zero-order chi connectivity index (χ0) is 9.35. The molecule has 0 fully saturated rings. The molecule has 0 nitrogen and oxygen atoms in total. The molecule has 0 atom stereocenters.